The number of carbonyl (C=O) groups excluding carboxylic acids is 1. The van der Waals surface area contributed by atoms with Crippen molar-refractivity contribution in [2.75, 3.05) is 18.0 Å². The molecule has 1 unspecified atom stereocenters. The summed E-state index contributed by atoms with van der Waals surface area (Å²) < 4.78 is 33.0. The summed E-state index contributed by atoms with van der Waals surface area (Å²) in [5.74, 6) is 0.295. The average Bonchev–Trinajstić information content (AvgIpc) is 2.81. The number of nitrogens with zero attached hydrogens (tertiary/aromatic N) is 1. The van der Waals surface area contributed by atoms with Crippen molar-refractivity contribution >= 4 is 33.2 Å². The minimum atomic E-state index is -3.98. The molecule has 3 aromatic rings. The molecule has 0 bridgehead atoms. The van der Waals surface area contributed by atoms with Crippen molar-refractivity contribution in [2.24, 2.45) is 0 Å². The minimum absolute atomic E-state index is 0.0926. The van der Waals surface area contributed by atoms with E-state index in [1.54, 1.807) is 43.5 Å². The van der Waals surface area contributed by atoms with Gasteiger partial charge in [0, 0.05) is 5.02 Å². The molecule has 0 saturated carbocycles. The number of ether oxygens (including phenoxy) is 1. The highest BCUT2D eigenvalue weighted by Crippen LogP contribution is 2.26. The minimum Gasteiger partial charge on any atom is -0.497 e. The van der Waals surface area contributed by atoms with Crippen LogP contribution in [0.1, 0.15) is 24.9 Å². The van der Waals surface area contributed by atoms with Crippen LogP contribution < -0.4 is 14.4 Å². The molecule has 0 heterocycles. The van der Waals surface area contributed by atoms with E-state index in [0.29, 0.717) is 17.1 Å². The number of amides is 1. The monoisotopic (exact) mass is 472 g/mol. The summed E-state index contributed by atoms with van der Waals surface area (Å²) in [4.78, 5) is 13.1. The van der Waals surface area contributed by atoms with Crippen molar-refractivity contribution in [3.05, 3.63) is 89.4 Å². The molecule has 1 N–H and O–H groups in total. The first-order valence-corrected chi connectivity index (χ1v) is 11.9. The van der Waals surface area contributed by atoms with E-state index in [1.807, 2.05) is 31.2 Å². The molecule has 3 aromatic carbocycles. The summed E-state index contributed by atoms with van der Waals surface area (Å²) in [5.41, 5.74) is 1.22. The van der Waals surface area contributed by atoms with E-state index in [1.165, 1.54) is 18.2 Å². The lowest BCUT2D eigenvalue weighted by atomic mass is 10.0. The molecule has 0 saturated heterocycles. The van der Waals surface area contributed by atoms with Gasteiger partial charge in [0.2, 0.25) is 5.91 Å². The number of carbonyl (C=O) groups is 1. The van der Waals surface area contributed by atoms with Crippen LogP contribution in [-0.4, -0.2) is 28.0 Å². The molecule has 6 nitrogen and oxygen atoms in total. The lowest BCUT2D eigenvalue weighted by molar-refractivity contribution is -0.120. The molecule has 0 radical (unpaired) electrons. The molecule has 0 aliphatic carbocycles. The number of nitrogens with one attached hydrogen (secondary N) is 1. The van der Waals surface area contributed by atoms with Gasteiger partial charge in [-0.2, -0.15) is 0 Å². The molecule has 0 aromatic heterocycles. The van der Waals surface area contributed by atoms with Crippen molar-refractivity contribution in [3.63, 3.8) is 0 Å². The second-order valence-electron chi connectivity index (χ2n) is 7.11. The van der Waals surface area contributed by atoms with Crippen LogP contribution in [0.2, 0.25) is 5.02 Å². The van der Waals surface area contributed by atoms with E-state index < -0.39 is 15.9 Å². The molecule has 1 amide bonds. The van der Waals surface area contributed by atoms with Gasteiger partial charge in [0.1, 0.15) is 12.3 Å². The Morgan fingerprint density at radius 2 is 1.72 bits per heavy atom. The van der Waals surface area contributed by atoms with Gasteiger partial charge in [-0.3, -0.25) is 9.10 Å². The highest BCUT2D eigenvalue weighted by molar-refractivity contribution is 7.92. The fraction of sp³-hybridized carbons (Fsp3) is 0.208. The Morgan fingerprint density at radius 1 is 1.03 bits per heavy atom. The fourth-order valence-corrected chi connectivity index (χ4v) is 4.91. The number of anilines is 1. The van der Waals surface area contributed by atoms with E-state index in [0.717, 1.165) is 15.6 Å². The summed E-state index contributed by atoms with van der Waals surface area (Å²) in [5, 5.41) is 3.32. The highest BCUT2D eigenvalue weighted by Gasteiger charge is 2.28. The number of methoxy groups -OCH3 is 1. The first kappa shape index (κ1) is 23.6. The highest BCUT2D eigenvalue weighted by atomic mass is 35.5. The van der Waals surface area contributed by atoms with Gasteiger partial charge in [0.25, 0.3) is 10.0 Å². The number of sulfonamides is 1. The van der Waals surface area contributed by atoms with Crippen LogP contribution in [0.25, 0.3) is 0 Å². The molecule has 1 atom stereocenters. The molecule has 3 rings (SSSR count). The van der Waals surface area contributed by atoms with Gasteiger partial charge in [0.05, 0.1) is 23.7 Å². The molecule has 32 heavy (non-hydrogen) atoms. The Balaban J connectivity index is 1.87. The molecule has 0 aliphatic heterocycles. The Kier molecular flexibility index (Phi) is 7.77. The second kappa shape index (κ2) is 10.5. The van der Waals surface area contributed by atoms with Gasteiger partial charge in [-0.1, -0.05) is 54.9 Å². The predicted molar refractivity (Wildman–Crippen MR) is 127 cm³/mol. The van der Waals surface area contributed by atoms with Crippen LogP contribution >= 0.6 is 11.6 Å². The maximum absolute atomic E-state index is 13.4. The molecular formula is C24H25ClN2O4S. The standard InChI is InChI=1S/C24H25ClN2O4S/c1-3-23(18-12-14-21(31-2)15-13-18)26-24(28)17-27(20-9-7-8-19(25)16-20)32(29,30)22-10-5-4-6-11-22/h4-16,23H,3,17H2,1-2H3,(H,26,28). The van der Waals surface area contributed by atoms with Gasteiger partial charge in [-0.25, -0.2) is 8.42 Å². The van der Waals surface area contributed by atoms with E-state index in [2.05, 4.69) is 5.32 Å². The number of hydrogen-bond donors (Lipinski definition) is 1. The van der Waals surface area contributed by atoms with Gasteiger partial charge in [-0.05, 0) is 54.4 Å². The zero-order valence-corrected chi connectivity index (χ0v) is 19.4. The Bertz CT molecular complexity index is 1150. The van der Waals surface area contributed by atoms with E-state index in [-0.39, 0.29) is 17.5 Å². The van der Waals surface area contributed by atoms with E-state index in [9.17, 15) is 13.2 Å². The van der Waals surface area contributed by atoms with E-state index >= 15 is 0 Å². The molecule has 0 fully saturated rings. The lowest BCUT2D eigenvalue weighted by Gasteiger charge is -2.26. The van der Waals surface area contributed by atoms with Gasteiger partial charge >= 0.3 is 0 Å². The largest absolute Gasteiger partial charge is 0.497 e. The third kappa shape index (κ3) is 5.60. The number of halogens is 1. The predicted octanol–water partition coefficient (Wildman–Crippen LogP) is 4.81. The molecule has 0 spiro atoms. The van der Waals surface area contributed by atoms with Crippen LogP contribution in [0.4, 0.5) is 5.69 Å². The SMILES string of the molecule is CCC(NC(=O)CN(c1cccc(Cl)c1)S(=O)(=O)c1ccccc1)c1ccc(OC)cc1. The van der Waals surface area contributed by atoms with Crippen molar-refractivity contribution < 1.29 is 17.9 Å². The second-order valence-corrected chi connectivity index (χ2v) is 9.40. The Hall–Kier alpha value is -3.03. The number of hydrogen-bond acceptors (Lipinski definition) is 4. The third-order valence-electron chi connectivity index (χ3n) is 4.98. The smallest absolute Gasteiger partial charge is 0.264 e. The summed E-state index contributed by atoms with van der Waals surface area (Å²) in [6, 6.07) is 21.6. The third-order valence-corrected chi connectivity index (χ3v) is 7.00. The maximum Gasteiger partial charge on any atom is 0.264 e. The van der Waals surface area contributed by atoms with Crippen molar-refractivity contribution in [1.82, 2.24) is 5.32 Å². The summed E-state index contributed by atoms with van der Waals surface area (Å²) in [6.45, 7) is 1.56. The van der Waals surface area contributed by atoms with Crippen molar-refractivity contribution in [3.8, 4) is 5.75 Å². The normalized spacial score (nSPS) is 12.1. The molecule has 168 valence electrons. The molecular weight excluding hydrogens is 448 g/mol. The molecule has 0 aliphatic rings. The van der Waals surface area contributed by atoms with Crippen LogP contribution in [0, 0.1) is 0 Å². The summed E-state index contributed by atoms with van der Waals surface area (Å²) >= 11 is 6.10. The zero-order valence-electron chi connectivity index (χ0n) is 17.9. The van der Waals surface area contributed by atoms with Crippen LogP contribution in [-0.2, 0) is 14.8 Å². The van der Waals surface area contributed by atoms with Crippen LogP contribution in [0.5, 0.6) is 5.75 Å². The van der Waals surface area contributed by atoms with Crippen molar-refractivity contribution in [2.45, 2.75) is 24.3 Å². The molecule has 8 heteroatoms. The first-order valence-electron chi connectivity index (χ1n) is 10.1. The van der Waals surface area contributed by atoms with Gasteiger partial charge in [0.15, 0.2) is 0 Å². The van der Waals surface area contributed by atoms with Gasteiger partial charge in [-0.15, -0.1) is 0 Å². The summed E-state index contributed by atoms with van der Waals surface area (Å²) in [6.07, 6.45) is 0.640. The van der Waals surface area contributed by atoms with Crippen LogP contribution in [0.3, 0.4) is 0 Å². The quantitative estimate of drug-likeness (QED) is 0.484. The first-order chi connectivity index (χ1) is 15.3. The fourth-order valence-electron chi connectivity index (χ4n) is 3.29. The van der Waals surface area contributed by atoms with Crippen LogP contribution in [0.15, 0.2) is 83.8 Å². The zero-order chi connectivity index (χ0) is 23.1. The average molecular weight is 473 g/mol. The Labute approximate surface area is 193 Å². The topological polar surface area (TPSA) is 75.7 Å². The van der Waals surface area contributed by atoms with Gasteiger partial charge < -0.3 is 10.1 Å². The number of rotatable bonds is 9. The Morgan fingerprint density at radius 3 is 2.31 bits per heavy atom. The maximum atomic E-state index is 13.4. The van der Waals surface area contributed by atoms with E-state index in [4.69, 9.17) is 16.3 Å². The van der Waals surface area contributed by atoms with Crippen molar-refractivity contribution in [1.29, 1.82) is 0 Å². The summed E-state index contributed by atoms with van der Waals surface area (Å²) in [7, 11) is -2.40. The number of benzene rings is 3. The lowest BCUT2D eigenvalue weighted by Crippen LogP contribution is -2.42.